The summed E-state index contributed by atoms with van der Waals surface area (Å²) in [5, 5.41) is 0. The van der Waals surface area contributed by atoms with Crippen LogP contribution in [0.5, 0.6) is 0 Å². The SMILES string of the molecule is C1C2CC3CC1CC(C2)C3.C1CC2CCC(C1)C2.C1CC2CCC1C2.C1CC2CCC1CC2.C1CC2CCCC(C1)C2. The molecule has 0 spiro atoms. The third-order valence-corrected chi connectivity index (χ3v) is 15.6. The number of hydrogen-bond donors (Lipinski definition) is 0. The molecular weight excluding hydrogens is 504 g/mol. The van der Waals surface area contributed by atoms with Gasteiger partial charge in [0.25, 0.3) is 0 Å². The van der Waals surface area contributed by atoms with E-state index in [2.05, 4.69) is 0 Å². The Morgan fingerprint density at radius 2 is 0.310 bits per heavy atom. The predicted molar refractivity (Wildman–Crippen MR) is 180 cm³/mol. The van der Waals surface area contributed by atoms with Crippen LogP contribution in [0.4, 0.5) is 0 Å². The van der Waals surface area contributed by atoms with Gasteiger partial charge in [-0.25, -0.2) is 0 Å². The van der Waals surface area contributed by atoms with E-state index in [1.165, 1.54) is 54.8 Å². The lowest BCUT2D eigenvalue weighted by Gasteiger charge is -2.49. The topological polar surface area (TPSA) is 0 Å². The molecule has 0 aliphatic heterocycles. The van der Waals surface area contributed by atoms with Gasteiger partial charge in [-0.3, -0.25) is 0 Å². The minimum atomic E-state index is 1.15. The molecule has 2 unspecified atom stereocenters. The number of rotatable bonds is 0. The van der Waals surface area contributed by atoms with Crippen molar-refractivity contribution in [2.45, 2.75) is 193 Å². The molecule has 2 atom stereocenters. The second-order valence-electron chi connectivity index (χ2n) is 18.8. The standard InChI is InChI=1S/C10H16.C9H16.2C8H14.C7H12/c1-7-2-9-4-8(1)5-10(3-7)6-9;1-3-8-5-2-6-9(4-1)7-8;1-2-8-5-3-7(1)4-6-8;1-2-7-4-5-8(3-1)6-7;1-2-7-4-3-6(1)5-7/h7-10H,1-6H2;8-9H,1-7H2;2*7-8H,1-6H2;6-7H,1-5H2. The van der Waals surface area contributed by atoms with Crippen molar-refractivity contribution in [2.75, 3.05) is 0 Å². The molecule has 13 fully saturated rings. The Labute approximate surface area is 263 Å². The van der Waals surface area contributed by atoms with Gasteiger partial charge in [-0.15, -0.1) is 0 Å². The zero-order valence-corrected chi connectivity index (χ0v) is 28.1. The largest absolute Gasteiger partial charge is 0.0528 e. The average Bonchev–Trinajstić information content (AvgIpc) is 3.77. The molecule has 0 amide bonds. The van der Waals surface area contributed by atoms with Gasteiger partial charge < -0.3 is 0 Å². The Hall–Kier alpha value is 0. The van der Waals surface area contributed by atoms with E-state index >= 15 is 0 Å². The molecule has 0 aromatic carbocycles. The summed E-state index contributed by atoms with van der Waals surface area (Å²) >= 11 is 0. The van der Waals surface area contributed by atoms with E-state index in [1.807, 2.05) is 0 Å². The summed E-state index contributed by atoms with van der Waals surface area (Å²) in [7, 11) is 0. The maximum absolute atomic E-state index is 1.60. The highest BCUT2D eigenvalue weighted by Gasteiger charge is 2.41. The zero-order chi connectivity index (χ0) is 28.1. The van der Waals surface area contributed by atoms with Gasteiger partial charge in [-0.1, -0.05) is 135 Å². The van der Waals surface area contributed by atoms with E-state index in [0.717, 1.165) is 35.5 Å². The molecule has 0 aromatic heterocycles. The van der Waals surface area contributed by atoms with Crippen LogP contribution >= 0.6 is 0 Å². The molecule has 0 N–H and O–H groups in total. The quantitative estimate of drug-likeness (QED) is 0.269. The summed E-state index contributed by atoms with van der Waals surface area (Å²) in [5.74, 6) is 14.0. The van der Waals surface area contributed by atoms with Gasteiger partial charge in [-0.2, -0.15) is 0 Å². The van der Waals surface area contributed by atoms with Crippen LogP contribution in [0.2, 0.25) is 0 Å². The monoisotopic (exact) mass is 577 g/mol. The summed E-state index contributed by atoms with van der Waals surface area (Å²) in [6.45, 7) is 0. The van der Waals surface area contributed by atoms with Crippen LogP contribution in [0.25, 0.3) is 0 Å². The molecular formula is C42H72. The fraction of sp³-hybridized carbons (Fsp3) is 1.00. The van der Waals surface area contributed by atoms with Crippen LogP contribution in [0.3, 0.4) is 0 Å². The molecule has 0 heterocycles. The minimum absolute atomic E-state index is 1.15. The molecule has 13 aliphatic rings. The van der Waals surface area contributed by atoms with Crippen LogP contribution in [-0.4, -0.2) is 0 Å². The van der Waals surface area contributed by atoms with Crippen molar-refractivity contribution in [3.63, 3.8) is 0 Å². The Kier molecular flexibility index (Phi) is 11.0. The van der Waals surface area contributed by atoms with Crippen molar-refractivity contribution in [2.24, 2.45) is 71.0 Å². The fourth-order valence-electron chi connectivity index (χ4n) is 13.5. The maximum Gasteiger partial charge on any atom is -0.0406 e. The molecule has 13 aliphatic carbocycles. The highest BCUT2D eigenvalue weighted by molar-refractivity contribution is 4.93. The van der Waals surface area contributed by atoms with E-state index in [4.69, 9.17) is 0 Å². The molecule has 13 saturated carbocycles. The van der Waals surface area contributed by atoms with E-state index in [0.29, 0.717) is 0 Å². The van der Waals surface area contributed by atoms with E-state index in [9.17, 15) is 0 Å². The molecule has 0 nitrogen and oxygen atoms in total. The summed E-state index contributed by atoms with van der Waals surface area (Å²) < 4.78 is 0. The summed E-state index contributed by atoms with van der Waals surface area (Å²) in [6.07, 6.45) is 47.0. The summed E-state index contributed by atoms with van der Waals surface area (Å²) in [6, 6.07) is 0. The third-order valence-electron chi connectivity index (χ3n) is 15.6. The Bertz CT molecular complexity index is 643. The summed E-state index contributed by atoms with van der Waals surface area (Å²) in [4.78, 5) is 0. The van der Waals surface area contributed by atoms with Crippen molar-refractivity contribution in [3.05, 3.63) is 0 Å². The third kappa shape index (κ3) is 8.62. The first-order valence-electron chi connectivity index (χ1n) is 20.7. The second kappa shape index (κ2) is 15.1. The molecule has 12 bridgehead atoms. The van der Waals surface area contributed by atoms with Gasteiger partial charge in [0.2, 0.25) is 0 Å². The van der Waals surface area contributed by atoms with Gasteiger partial charge in [0.15, 0.2) is 0 Å². The molecule has 13 rings (SSSR count). The molecule has 42 heavy (non-hydrogen) atoms. The van der Waals surface area contributed by atoms with Crippen molar-refractivity contribution >= 4 is 0 Å². The lowest BCUT2D eigenvalue weighted by molar-refractivity contribution is 0.0198. The predicted octanol–water partition coefficient (Wildman–Crippen LogP) is 13.2. The molecule has 0 saturated heterocycles. The van der Waals surface area contributed by atoms with Crippen LogP contribution in [0.1, 0.15) is 193 Å². The van der Waals surface area contributed by atoms with Gasteiger partial charge >= 0.3 is 0 Å². The van der Waals surface area contributed by atoms with E-state index < -0.39 is 0 Å². The lowest BCUT2D eigenvalue weighted by Crippen LogP contribution is -2.38. The molecule has 0 aromatic rings. The van der Waals surface area contributed by atoms with Gasteiger partial charge in [0.05, 0.1) is 0 Å². The van der Waals surface area contributed by atoms with Crippen LogP contribution in [0, 0.1) is 71.0 Å². The van der Waals surface area contributed by atoms with Gasteiger partial charge in [0.1, 0.15) is 0 Å². The minimum Gasteiger partial charge on any atom is -0.0528 e. The first kappa shape index (κ1) is 30.6. The maximum atomic E-state index is 1.60. The van der Waals surface area contributed by atoms with Gasteiger partial charge in [0, 0.05) is 0 Å². The van der Waals surface area contributed by atoms with Crippen LogP contribution in [-0.2, 0) is 0 Å². The second-order valence-corrected chi connectivity index (χ2v) is 18.8. The molecule has 0 heteroatoms. The highest BCUT2D eigenvalue weighted by Crippen LogP contribution is 2.53. The normalized spacial score (nSPS) is 48.0. The lowest BCUT2D eigenvalue weighted by atomic mass is 9.56. The Morgan fingerprint density at radius 3 is 0.500 bits per heavy atom. The van der Waals surface area contributed by atoms with Crippen LogP contribution < -0.4 is 0 Å². The van der Waals surface area contributed by atoms with Crippen molar-refractivity contribution < 1.29 is 0 Å². The van der Waals surface area contributed by atoms with Crippen LogP contribution in [0.15, 0.2) is 0 Å². The first-order chi connectivity index (χ1) is 20.7. The fourth-order valence-corrected chi connectivity index (χ4v) is 13.5. The number of hydrogen-bond acceptors (Lipinski definition) is 0. The van der Waals surface area contributed by atoms with Crippen molar-refractivity contribution in [1.82, 2.24) is 0 Å². The smallest absolute Gasteiger partial charge is 0.0406 e. The Morgan fingerprint density at radius 1 is 0.143 bits per heavy atom. The summed E-state index contributed by atoms with van der Waals surface area (Å²) in [5.41, 5.74) is 0. The molecule has 240 valence electrons. The van der Waals surface area contributed by atoms with Gasteiger partial charge in [-0.05, 0) is 129 Å². The van der Waals surface area contributed by atoms with Crippen molar-refractivity contribution in [3.8, 4) is 0 Å². The van der Waals surface area contributed by atoms with E-state index in [1.54, 1.807) is 173 Å². The average molecular weight is 577 g/mol. The highest BCUT2D eigenvalue weighted by atomic mass is 14.5. The van der Waals surface area contributed by atoms with Crippen molar-refractivity contribution in [1.29, 1.82) is 0 Å². The van der Waals surface area contributed by atoms with E-state index in [-0.39, 0.29) is 0 Å². The first-order valence-corrected chi connectivity index (χ1v) is 20.7. The Balaban J connectivity index is 0.0000000862. The molecule has 0 radical (unpaired) electrons. The number of fused-ring (bicyclic) bond motifs is 9. The zero-order valence-electron chi connectivity index (χ0n) is 28.1.